The van der Waals surface area contributed by atoms with Crippen molar-refractivity contribution in [1.29, 1.82) is 0 Å². The van der Waals surface area contributed by atoms with E-state index in [9.17, 15) is 4.79 Å². The molecule has 2 aliphatic carbocycles. The highest BCUT2D eigenvalue weighted by atomic mass is 32.1. The zero-order chi connectivity index (χ0) is 20.7. The smallest absolute Gasteiger partial charge is 0.173 e. The van der Waals surface area contributed by atoms with Gasteiger partial charge in [0.25, 0.3) is 0 Å². The quantitative estimate of drug-likeness (QED) is 0.485. The van der Waals surface area contributed by atoms with Gasteiger partial charge in [-0.05, 0) is 55.4 Å². The second-order valence-electron chi connectivity index (χ2n) is 9.32. The number of hydrogen-bond acceptors (Lipinski definition) is 3. The molecule has 2 fully saturated rings. The Morgan fingerprint density at radius 3 is 2.59 bits per heavy atom. The summed E-state index contributed by atoms with van der Waals surface area (Å²) < 4.78 is 0. The largest absolute Gasteiger partial charge is 0.346 e. The zero-order valence-corrected chi connectivity index (χ0v) is 18.8. The number of hydrogen-bond donors (Lipinski definition) is 1. The number of nitrogens with one attached hydrogen (secondary N) is 1. The molecule has 3 rings (SSSR count). The molecule has 0 aromatic heterocycles. The first-order chi connectivity index (χ1) is 13.9. The first kappa shape index (κ1) is 21.9. The van der Waals surface area contributed by atoms with Crippen LogP contribution in [0.3, 0.4) is 0 Å². The van der Waals surface area contributed by atoms with Gasteiger partial charge in [-0.15, -0.1) is 0 Å². The van der Waals surface area contributed by atoms with E-state index in [1.807, 2.05) is 18.2 Å². The predicted molar refractivity (Wildman–Crippen MR) is 126 cm³/mol. The van der Waals surface area contributed by atoms with Gasteiger partial charge in [-0.2, -0.15) is 0 Å². The van der Waals surface area contributed by atoms with Gasteiger partial charge >= 0.3 is 0 Å². The number of nitrogens with zero attached hydrogens (tertiary/aromatic N) is 2. The molecule has 0 spiro atoms. The van der Waals surface area contributed by atoms with E-state index in [1.54, 1.807) is 0 Å². The number of Topliss-reactive ketones (excluding diaryl/α,β-unsaturated/α-hetero) is 1. The normalized spacial score (nSPS) is 21.2. The summed E-state index contributed by atoms with van der Waals surface area (Å²) in [4.78, 5) is 19.2. The molecule has 2 aliphatic rings. The average molecular weight is 414 g/mol. The average Bonchev–Trinajstić information content (AvgIpc) is 2.68. The van der Waals surface area contributed by atoms with E-state index in [-0.39, 0.29) is 5.41 Å². The van der Waals surface area contributed by atoms with Crippen LogP contribution in [0.15, 0.2) is 35.3 Å². The Kier molecular flexibility index (Phi) is 7.82. The number of para-hydroxylation sites is 1. The Morgan fingerprint density at radius 2 is 1.90 bits per heavy atom. The lowest BCUT2D eigenvalue weighted by molar-refractivity contribution is -0.120. The van der Waals surface area contributed by atoms with Crippen LogP contribution in [0.5, 0.6) is 0 Å². The van der Waals surface area contributed by atoms with Gasteiger partial charge in [-0.1, -0.05) is 51.3 Å². The molecule has 0 atom stereocenters. The molecular weight excluding hydrogens is 378 g/mol. The van der Waals surface area contributed by atoms with Gasteiger partial charge in [0.15, 0.2) is 5.11 Å². The first-order valence-corrected chi connectivity index (χ1v) is 11.5. The van der Waals surface area contributed by atoms with Crippen molar-refractivity contribution >= 4 is 34.5 Å². The van der Waals surface area contributed by atoms with E-state index in [2.05, 4.69) is 36.2 Å². The van der Waals surface area contributed by atoms with Crippen molar-refractivity contribution in [1.82, 2.24) is 4.90 Å². The van der Waals surface area contributed by atoms with E-state index >= 15 is 0 Å². The van der Waals surface area contributed by atoms with Crippen LogP contribution in [0.4, 0.5) is 5.69 Å². The van der Waals surface area contributed by atoms with E-state index in [1.165, 1.54) is 32.1 Å². The number of carbonyl (C=O) groups excluding carboxylic acids is 1. The van der Waals surface area contributed by atoms with Crippen LogP contribution in [0, 0.1) is 5.41 Å². The van der Waals surface area contributed by atoms with Crippen LogP contribution in [0.2, 0.25) is 0 Å². The fraction of sp³-hybridized carbons (Fsp3) is 0.625. The van der Waals surface area contributed by atoms with Crippen LogP contribution in [-0.4, -0.2) is 40.6 Å². The number of benzene rings is 1. The van der Waals surface area contributed by atoms with Crippen molar-refractivity contribution in [2.24, 2.45) is 10.4 Å². The third-order valence-electron chi connectivity index (χ3n) is 5.95. The molecule has 2 saturated carbocycles. The number of thiocarbonyl (C=S) groups is 1. The molecule has 4 nitrogen and oxygen atoms in total. The predicted octanol–water partition coefficient (Wildman–Crippen LogP) is 5.63. The summed E-state index contributed by atoms with van der Waals surface area (Å²) in [7, 11) is 0. The van der Waals surface area contributed by atoms with Crippen molar-refractivity contribution in [3.63, 3.8) is 0 Å². The van der Waals surface area contributed by atoms with Gasteiger partial charge in [0.1, 0.15) is 5.78 Å². The van der Waals surface area contributed by atoms with Gasteiger partial charge in [0.2, 0.25) is 0 Å². The minimum absolute atomic E-state index is 0.0590. The van der Waals surface area contributed by atoms with Crippen LogP contribution in [0.1, 0.15) is 71.6 Å². The molecular formula is C24H35N3OS. The Hall–Kier alpha value is -1.75. The number of anilines is 1. The number of carbonyl (C=O) groups is 1. The SMILES string of the molecule is CC1(C)CC(=O)CC(=NCCCN(C(=S)Nc2ccccc2)C2CCCCC2)C1. The second-order valence-corrected chi connectivity index (χ2v) is 9.70. The van der Waals surface area contributed by atoms with Crippen LogP contribution < -0.4 is 5.32 Å². The molecule has 1 N–H and O–H groups in total. The number of ketones is 1. The summed E-state index contributed by atoms with van der Waals surface area (Å²) in [5.74, 6) is 0.331. The molecule has 1 aromatic carbocycles. The maximum absolute atomic E-state index is 12.0. The molecule has 5 heteroatoms. The summed E-state index contributed by atoms with van der Waals surface area (Å²) in [6, 6.07) is 10.7. The molecule has 0 bridgehead atoms. The maximum atomic E-state index is 12.0. The molecule has 0 radical (unpaired) electrons. The monoisotopic (exact) mass is 413 g/mol. The topological polar surface area (TPSA) is 44.7 Å². The Morgan fingerprint density at radius 1 is 1.17 bits per heavy atom. The van der Waals surface area contributed by atoms with Gasteiger partial charge in [-0.3, -0.25) is 9.79 Å². The van der Waals surface area contributed by atoms with Gasteiger partial charge < -0.3 is 10.2 Å². The standard InChI is InChI=1S/C24H35N3OS/c1-24(2)17-20(16-22(28)18-24)25-14-9-15-27(21-12-7-4-8-13-21)23(29)26-19-10-5-3-6-11-19/h3,5-6,10-11,21H,4,7-9,12-18H2,1-2H3,(H,26,29). The lowest BCUT2D eigenvalue weighted by atomic mass is 9.76. The molecule has 0 unspecified atom stereocenters. The van der Waals surface area contributed by atoms with Crippen molar-refractivity contribution < 1.29 is 4.79 Å². The minimum atomic E-state index is 0.0590. The summed E-state index contributed by atoms with van der Waals surface area (Å²) in [6.07, 6.45) is 9.47. The lowest BCUT2D eigenvalue weighted by Gasteiger charge is -2.36. The van der Waals surface area contributed by atoms with Gasteiger partial charge in [0.05, 0.1) is 0 Å². The summed E-state index contributed by atoms with van der Waals surface area (Å²) >= 11 is 5.79. The van der Waals surface area contributed by atoms with E-state index in [0.717, 1.165) is 42.4 Å². The van der Waals surface area contributed by atoms with Crippen molar-refractivity contribution in [3.8, 4) is 0 Å². The highest BCUT2D eigenvalue weighted by Gasteiger charge is 2.30. The molecule has 0 saturated heterocycles. The van der Waals surface area contributed by atoms with Gasteiger partial charge in [0, 0.05) is 43.4 Å². The van der Waals surface area contributed by atoms with Crippen LogP contribution >= 0.6 is 12.2 Å². The fourth-order valence-electron chi connectivity index (χ4n) is 4.65. The van der Waals surface area contributed by atoms with E-state index in [0.29, 0.717) is 24.7 Å². The lowest BCUT2D eigenvalue weighted by Crippen LogP contribution is -2.44. The molecule has 0 heterocycles. The van der Waals surface area contributed by atoms with Crippen LogP contribution in [-0.2, 0) is 4.79 Å². The third-order valence-corrected chi connectivity index (χ3v) is 6.29. The first-order valence-electron chi connectivity index (χ1n) is 11.1. The Bertz CT molecular complexity index is 723. The van der Waals surface area contributed by atoms with Gasteiger partial charge in [-0.25, -0.2) is 0 Å². The molecule has 0 amide bonds. The Labute approximate surface area is 181 Å². The summed E-state index contributed by atoms with van der Waals surface area (Å²) in [5.41, 5.74) is 2.19. The van der Waals surface area contributed by atoms with Crippen molar-refractivity contribution in [2.75, 3.05) is 18.4 Å². The van der Waals surface area contributed by atoms with Crippen LogP contribution in [0.25, 0.3) is 0 Å². The minimum Gasteiger partial charge on any atom is -0.346 e. The molecule has 1 aromatic rings. The van der Waals surface area contributed by atoms with E-state index < -0.39 is 0 Å². The third kappa shape index (κ3) is 6.91. The molecule has 158 valence electrons. The number of rotatable bonds is 6. The maximum Gasteiger partial charge on any atom is 0.173 e. The highest BCUT2D eigenvalue weighted by molar-refractivity contribution is 7.80. The highest BCUT2D eigenvalue weighted by Crippen LogP contribution is 2.31. The van der Waals surface area contributed by atoms with Crippen molar-refractivity contribution in [2.45, 2.75) is 77.7 Å². The molecule has 29 heavy (non-hydrogen) atoms. The number of aliphatic imine (C=N–C) groups is 1. The zero-order valence-electron chi connectivity index (χ0n) is 18.0. The Balaban J connectivity index is 1.57. The summed E-state index contributed by atoms with van der Waals surface area (Å²) in [6.45, 7) is 6.02. The molecule has 0 aliphatic heterocycles. The van der Waals surface area contributed by atoms with Crippen molar-refractivity contribution in [3.05, 3.63) is 30.3 Å². The fourth-order valence-corrected chi connectivity index (χ4v) is 5.01. The second kappa shape index (κ2) is 10.3. The summed E-state index contributed by atoms with van der Waals surface area (Å²) in [5, 5.41) is 4.25. The van der Waals surface area contributed by atoms with E-state index in [4.69, 9.17) is 17.2 Å².